The molecule has 33 heavy (non-hydrogen) atoms. The van der Waals surface area contributed by atoms with Crippen LogP contribution in [-0.4, -0.2) is 47.5 Å². The van der Waals surface area contributed by atoms with Crippen molar-refractivity contribution >= 4 is 21.5 Å². The molecule has 178 valence electrons. The molecule has 0 saturated carbocycles. The highest BCUT2D eigenvalue weighted by atomic mass is 32.2. The van der Waals surface area contributed by atoms with Gasteiger partial charge in [-0.2, -0.15) is 0 Å². The molecule has 5 nitrogen and oxygen atoms in total. The number of aliphatic hydroxyl groups is 2. The molecule has 0 spiro atoms. The van der Waals surface area contributed by atoms with Crippen molar-refractivity contribution < 1.29 is 23.7 Å². The van der Waals surface area contributed by atoms with Gasteiger partial charge in [0.25, 0.3) is 0 Å². The highest BCUT2D eigenvalue weighted by Gasteiger charge is 2.40. The van der Waals surface area contributed by atoms with Gasteiger partial charge in [0.05, 0.1) is 18.5 Å². The molecule has 3 N–H and O–H groups in total. The van der Waals surface area contributed by atoms with E-state index < -0.39 is 27.8 Å². The van der Waals surface area contributed by atoms with Gasteiger partial charge in [0, 0.05) is 0 Å². The summed E-state index contributed by atoms with van der Waals surface area (Å²) < 4.78 is 25.1. The van der Waals surface area contributed by atoms with Crippen LogP contribution in [0, 0.1) is 13.8 Å². The zero-order chi connectivity index (χ0) is 24.2. The van der Waals surface area contributed by atoms with E-state index >= 15 is 0 Å². The van der Waals surface area contributed by atoms with Crippen LogP contribution in [0.3, 0.4) is 0 Å². The van der Waals surface area contributed by atoms with Crippen molar-refractivity contribution in [3.8, 4) is 5.75 Å². The summed E-state index contributed by atoms with van der Waals surface area (Å²) in [5, 5.41) is 29.9. The summed E-state index contributed by atoms with van der Waals surface area (Å²) in [6.07, 6.45) is 3.40. The minimum Gasteiger partial charge on any atom is -0.507 e. The van der Waals surface area contributed by atoms with E-state index in [1.807, 2.05) is 63.2 Å². The summed E-state index contributed by atoms with van der Waals surface area (Å²) >= 11 is 0. The lowest BCUT2D eigenvalue weighted by molar-refractivity contribution is 0.190. The van der Waals surface area contributed by atoms with Crippen LogP contribution in [0.5, 0.6) is 5.75 Å². The Morgan fingerprint density at radius 1 is 1.15 bits per heavy atom. The third-order valence-electron chi connectivity index (χ3n) is 6.33. The molecule has 0 fully saturated rings. The minimum atomic E-state index is -3.48. The van der Waals surface area contributed by atoms with Crippen LogP contribution in [-0.2, 0) is 9.84 Å². The first-order valence-corrected chi connectivity index (χ1v) is 13.2. The molecule has 2 atom stereocenters. The predicted octanol–water partition coefficient (Wildman–Crippen LogP) is 4.58. The van der Waals surface area contributed by atoms with E-state index in [4.69, 9.17) is 0 Å². The number of phenolic OH excluding ortho intramolecular Hbond substituents is 1. The molecule has 2 aromatic carbocycles. The molecule has 0 bridgehead atoms. The number of phenols is 1. The maximum Gasteiger partial charge on any atom is 0.163 e. The van der Waals surface area contributed by atoms with Crippen molar-refractivity contribution in [2.24, 2.45) is 0 Å². The number of hydrogen-bond acceptors (Lipinski definition) is 5. The molecule has 1 aliphatic rings. The molecule has 1 heterocycles. The Bertz CT molecular complexity index is 1120. The molecular weight excluding hydrogens is 436 g/mol. The van der Waals surface area contributed by atoms with Gasteiger partial charge in [-0.1, -0.05) is 55.3 Å². The van der Waals surface area contributed by atoms with Crippen LogP contribution in [0.4, 0.5) is 0 Å². The van der Waals surface area contributed by atoms with Crippen LogP contribution >= 0.6 is 0 Å². The lowest BCUT2D eigenvalue weighted by Gasteiger charge is -2.20. The number of aliphatic hydroxyl groups excluding tert-OH is 2. The summed E-state index contributed by atoms with van der Waals surface area (Å²) in [5.41, 5.74) is 5.82. The first-order chi connectivity index (χ1) is 15.7. The summed E-state index contributed by atoms with van der Waals surface area (Å²) in [6, 6.07) is 13.7. The molecule has 0 aliphatic carbocycles. The Labute approximate surface area is 197 Å². The Hall–Kier alpha value is -2.41. The molecule has 2 aromatic rings. The molecule has 0 aromatic heterocycles. The van der Waals surface area contributed by atoms with E-state index in [2.05, 4.69) is 6.08 Å². The maximum absolute atomic E-state index is 12.5. The van der Waals surface area contributed by atoms with Crippen molar-refractivity contribution in [3.63, 3.8) is 0 Å². The van der Waals surface area contributed by atoms with Gasteiger partial charge in [-0.3, -0.25) is 0 Å². The average Bonchev–Trinajstić information content (AvgIpc) is 3.04. The molecule has 0 radical (unpaired) electrons. The Kier molecular flexibility index (Phi) is 8.16. The Morgan fingerprint density at radius 3 is 2.36 bits per heavy atom. The number of aryl methyl sites for hydroxylation is 2. The average molecular weight is 471 g/mol. The largest absolute Gasteiger partial charge is 0.507 e. The fraction of sp³-hybridized carbons (Fsp3) is 0.407. The number of sulfone groups is 1. The molecule has 0 amide bonds. The fourth-order valence-electron chi connectivity index (χ4n) is 4.70. The van der Waals surface area contributed by atoms with Gasteiger partial charge in [0.15, 0.2) is 9.84 Å². The fourth-order valence-corrected chi connectivity index (χ4v) is 6.64. The smallest absolute Gasteiger partial charge is 0.163 e. The molecule has 3 rings (SSSR count). The molecule has 6 heteroatoms. The SMILES string of the molecule is CCCC1=C([C@H](O)CC/C(=C/c2cc(C)c(O)c(C)c2)c2ccccc2)[C@H](CO)S(=O)(=O)C1. The van der Waals surface area contributed by atoms with Crippen molar-refractivity contribution in [3.05, 3.63) is 75.9 Å². The molecule has 1 aliphatic heterocycles. The van der Waals surface area contributed by atoms with Gasteiger partial charge in [-0.25, -0.2) is 8.42 Å². The van der Waals surface area contributed by atoms with Crippen LogP contribution in [0.2, 0.25) is 0 Å². The van der Waals surface area contributed by atoms with Crippen molar-refractivity contribution in [1.29, 1.82) is 0 Å². The number of hydrogen-bond donors (Lipinski definition) is 3. The zero-order valence-corrected chi connectivity index (χ0v) is 20.4. The first kappa shape index (κ1) is 25.2. The number of aromatic hydroxyl groups is 1. The van der Waals surface area contributed by atoms with E-state index in [0.717, 1.165) is 39.8 Å². The van der Waals surface area contributed by atoms with Crippen LogP contribution in [0.15, 0.2) is 53.6 Å². The minimum absolute atomic E-state index is 0.0775. The van der Waals surface area contributed by atoms with E-state index in [1.54, 1.807) is 0 Å². The Morgan fingerprint density at radius 2 is 1.79 bits per heavy atom. The van der Waals surface area contributed by atoms with E-state index in [1.165, 1.54) is 0 Å². The molecular formula is C27H34O5S. The van der Waals surface area contributed by atoms with Gasteiger partial charge in [-0.05, 0) is 78.6 Å². The maximum atomic E-state index is 12.5. The predicted molar refractivity (Wildman–Crippen MR) is 134 cm³/mol. The second-order valence-electron chi connectivity index (χ2n) is 8.88. The van der Waals surface area contributed by atoms with Crippen molar-refractivity contribution in [2.45, 2.75) is 57.8 Å². The van der Waals surface area contributed by atoms with Gasteiger partial charge < -0.3 is 15.3 Å². The topological polar surface area (TPSA) is 94.8 Å². The van der Waals surface area contributed by atoms with Crippen molar-refractivity contribution in [1.82, 2.24) is 0 Å². The second-order valence-corrected chi connectivity index (χ2v) is 11.1. The highest BCUT2D eigenvalue weighted by Crippen LogP contribution is 2.35. The van der Waals surface area contributed by atoms with E-state index in [-0.39, 0.29) is 11.5 Å². The lowest BCUT2D eigenvalue weighted by Crippen LogP contribution is -2.29. The van der Waals surface area contributed by atoms with Gasteiger partial charge >= 0.3 is 0 Å². The summed E-state index contributed by atoms with van der Waals surface area (Å²) in [7, 11) is -3.48. The Balaban J connectivity index is 1.92. The van der Waals surface area contributed by atoms with Gasteiger partial charge in [-0.15, -0.1) is 0 Å². The highest BCUT2D eigenvalue weighted by molar-refractivity contribution is 7.92. The number of allylic oxidation sites excluding steroid dienone is 1. The second kappa shape index (κ2) is 10.7. The first-order valence-electron chi connectivity index (χ1n) is 11.5. The monoisotopic (exact) mass is 470 g/mol. The number of rotatable bonds is 9. The normalized spacial score (nSPS) is 19.2. The van der Waals surface area contributed by atoms with Crippen LogP contribution in [0.1, 0.15) is 54.9 Å². The lowest BCUT2D eigenvalue weighted by atomic mass is 9.91. The molecule has 0 unspecified atom stereocenters. The third kappa shape index (κ3) is 5.75. The van der Waals surface area contributed by atoms with Crippen LogP contribution in [0.25, 0.3) is 11.6 Å². The van der Waals surface area contributed by atoms with Gasteiger partial charge in [0.2, 0.25) is 0 Å². The van der Waals surface area contributed by atoms with E-state index in [9.17, 15) is 23.7 Å². The third-order valence-corrected chi connectivity index (χ3v) is 8.35. The molecule has 0 saturated heterocycles. The summed E-state index contributed by atoms with van der Waals surface area (Å²) in [4.78, 5) is 0. The zero-order valence-electron chi connectivity index (χ0n) is 19.6. The summed E-state index contributed by atoms with van der Waals surface area (Å²) in [5.74, 6) is 0.211. The standard InChI is InChI=1S/C27H34O5S/c1-4-8-23-17-33(31,32)25(16-28)26(23)24(29)12-11-22(21-9-6-5-7-10-21)15-20-13-18(2)27(30)19(3)14-20/h5-7,9-10,13-15,24-25,28-30H,4,8,11-12,16-17H2,1-3H3/b22-15-/t24-,25+/m1/s1. The quantitative estimate of drug-likeness (QED) is 0.368. The van der Waals surface area contributed by atoms with E-state index in [0.29, 0.717) is 24.8 Å². The van der Waals surface area contributed by atoms with Gasteiger partial charge in [0.1, 0.15) is 11.0 Å². The summed E-state index contributed by atoms with van der Waals surface area (Å²) in [6.45, 7) is 5.20. The van der Waals surface area contributed by atoms with Crippen LogP contribution < -0.4 is 0 Å². The number of benzene rings is 2. The van der Waals surface area contributed by atoms with Crippen molar-refractivity contribution in [2.75, 3.05) is 12.4 Å².